The lowest BCUT2D eigenvalue weighted by Crippen LogP contribution is -2.35. The summed E-state index contributed by atoms with van der Waals surface area (Å²) in [6.45, 7) is 0.268. The van der Waals surface area contributed by atoms with Crippen molar-refractivity contribution in [2.45, 2.75) is 11.7 Å². The summed E-state index contributed by atoms with van der Waals surface area (Å²) in [7, 11) is 1.58. The minimum absolute atomic E-state index is 0.0338. The van der Waals surface area contributed by atoms with Crippen LogP contribution in [-0.2, 0) is 16.1 Å². The molecular formula is C20H18N4O3S. The summed E-state index contributed by atoms with van der Waals surface area (Å²) in [5.41, 5.74) is 2.42. The molecule has 1 heterocycles. The molecule has 3 aromatic rings. The fraction of sp³-hybridized carbons (Fsp3) is 0.200. The number of thioether (sulfide) groups is 1. The number of aromatic amines is 1. The van der Waals surface area contributed by atoms with Crippen molar-refractivity contribution in [2.24, 2.45) is 5.92 Å². The van der Waals surface area contributed by atoms with Crippen molar-refractivity contribution in [1.82, 2.24) is 15.3 Å². The second-order valence-electron chi connectivity index (χ2n) is 5.95. The summed E-state index contributed by atoms with van der Waals surface area (Å²) in [6, 6.07) is 16.5. The average Bonchev–Trinajstić information content (AvgIpc) is 3.14. The number of nitriles is 1. The molecule has 1 aromatic heterocycles. The monoisotopic (exact) mass is 394 g/mol. The molecule has 1 amide bonds. The number of H-pyrrole nitrogens is 1. The number of imidazole rings is 1. The topological polar surface area (TPSA) is 108 Å². The Labute approximate surface area is 166 Å². The van der Waals surface area contributed by atoms with Gasteiger partial charge in [-0.3, -0.25) is 9.59 Å². The van der Waals surface area contributed by atoms with Crippen molar-refractivity contribution in [1.29, 1.82) is 5.26 Å². The van der Waals surface area contributed by atoms with Crippen LogP contribution < -0.4 is 10.1 Å². The van der Waals surface area contributed by atoms with E-state index in [0.717, 1.165) is 28.4 Å². The van der Waals surface area contributed by atoms with Crippen LogP contribution in [0.25, 0.3) is 11.0 Å². The van der Waals surface area contributed by atoms with Crippen LogP contribution in [0.15, 0.2) is 53.7 Å². The summed E-state index contributed by atoms with van der Waals surface area (Å²) in [5, 5.41) is 12.4. The van der Waals surface area contributed by atoms with Gasteiger partial charge in [-0.25, -0.2) is 4.98 Å². The predicted octanol–water partition coefficient (Wildman–Crippen LogP) is 2.69. The quantitative estimate of drug-likeness (QED) is 0.449. The lowest BCUT2D eigenvalue weighted by atomic mass is 10.1. The first-order chi connectivity index (χ1) is 13.6. The Morgan fingerprint density at radius 3 is 2.79 bits per heavy atom. The van der Waals surface area contributed by atoms with Gasteiger partial charge >= 0.3 is 0 Å². The van der Waals surface area contributed by atoms with Gasteiger partial charge in [-0.2, -0.15) is 5.26 Å². The number of hydrogen-bond donors (Lipinski definition) is 2. The number of hydrogen-bond acceptors (Lipinski definition) is 6. The Morgan fingerprint density at radius 2 is 2.07 bits per heavy atom. The summed E-state index contributed by atoms with van der Waals surface area (Å²) in [5.74, 6) is -1.74. The Hall–Kier alpha value is -3.31. The number of nitrogens with zero attached hydrogens (tertiary/aromatic N) is 2. The van der Waals surface area contributed by atoms with Crippen LogP contribution in [0.1, 0.15) is 5.56 Å². The number of rotatable bonds is 8. The van der Waals surface area contributed by atoms with Crippen molar-refractivity contribution in [3.05, 3.63) is 54.1 Å². The van der Waals surface area contributed by atoms with E-state index in [-0.39, 0.29) is 12.3 Å². The predicted molar refractivity (Wildman–Crippen MR) is 106 cm³/mol. The van der Waals surface area contributed by atoms with Crippen LogP contribution in [0.5, 0.6) is 5.75 Å². The normalized spacial score (nSPS) is 11.6. The van der Waals surface area contributed by atoms with Crippen LogP contribution in [-0.4, -0.2) is 34.5 Å². The molecule has 0 radical (unpaired) electrons. The molecule has 28 heavy (non-hydrogen) atoms. The SMILES string of the molecule is COc1ccc2nc(SCC(=O)C(C#N)C(=O)NCc3ccccc3)[nH]c2c1. The second kappa shape index (κ2) is 9.06. The number of benzene rings is 2. The van der Waals surface area contributed by atoms with Crippen molar-refractivity contribution >= 4 is 34.5 Å². The molecule has 0 saturated carbocycles. The molecular weight excluding hydrogens is 376 g/mol. The van der Waals surface area contributed by atoms with Crippen molar-refractivity contribution in [3.63, 3.8) is 0 Å². The number of carbonyl (C=O) groups excluding carboxylic acids is 2. The third-order valence-corrected chi connectivity index (χ3v) is 4.94. The third kappa shape index (κ3) is 4.69. The first-order valence-corrected chi connectivity index (χ1v) is 9.50. The van der Waals surface area contributed by atoms with Gasteiger partial charge in [-0.1, -0.05) is 42.1 Å². The maximum absolute atomic E-state index is 12.4. The molecule has 0 saturated heterocycles. The van der Waals surface area contributed by atoms with Gasteiger partial charge in [-0.15, -0.1) is 0 Å². The van der Waals surface area contributed by atoms with Gasteiger partial charge in [0.15, 0.2) is 16.9 Å². The highest BCUT2D eigenvalue weighted by Gasteiger charge is 2.26. The number of nitrogens with one attached hydrogen (secondary N) is 2. The van der Waals surface area contributed by atoms with E-state index in [1.54, 1.807) is 19.2 Å². The number of Topliss-reactive ketones (excluding diaryl/α,β-unsaturated/α-hetero) is 1. The summed E-state index contributed by atoms with van der Waals surface area (Å²) in [6.07, 6.45) is 0. The molecule has 8 heteroatoms. The lowest BCUT2D eigenvalue weighted by molar-refractivity contribution is -0.130. The molecule has 0 aliphatic carbocycles. The molecule has 3 rings (SSSR count). The Bertz CT molecular complexity index is 1030. The van der Waals surface area contributed by atoms with Crippen molar-refractivity contribution < 1.29 is 14.3 Å². The summed E-state index contributed by atoms with van der Waals surface area (Å²) >= 11 is 1.16. The zero-order chi connectivity index (χ0) is 19.9. The zero-order valence-corrected chi connectivity index (χ0v) is 16.0. The average molecular weight is 394 g/mol. The van der Waals surface area contributed by atoms with Crippen LogP contribution in [0.4, 0.5) is 0 Å². The summed E-state index contributed by atoms with van der Waals surface area (Å²) in [4.78, 5) is 32.0. The smallest absolute Gasteiger partial charge is 0.245 e. The number of fused-ring (bicyclic) bond motifs is 1. The highest BCUT2D eigenvalue weighted by molar-refractivity contribution is 7.99. The second-order valence-corrected chi connectivity index (χ2v) is 6.91. The highest BCUT2D eigenvalue weighted by atomic mass is 32.2. The molecule has 0 spiro atoms. The molecule has 2 aromatic carbocycles. The van der Waals surface area contributed by atoms with E-state index < -0.39 is 17.6 Å². The standard InChI is InChI=1S/C20H18N4O3S/c1-27-14-7-8-16-17(9-14)24-20(23-16)28-12-18(25)15(10-21)19(26)22-11-13-5-3-2-4-6-13/h2-9,15H,11-12H2,1H3,(H,22,26)(H,23,24). The molecule has 0 bridgehead atoms. The van der Waals surface area contributed by atoms with E-state index in [0.29, 0.717) is 10.9 Å². The fourth-order valence-electron chi connectivity index (χ4n) is 2.55. The van der Waals surface area contributed by atoms with Gasteiger partial charge in [0.05, 0.1) is 30.0 Å². The minimum atomic E-state index is -1.35. The maximum atomic E-state index is 12.4. The van der Waals surface area contributed by atoms with E-state index >= 15 is 0 Å². The van der Waals surface area contributed by atoms with E-state index in [1.807, 2.05) is 42.5 Å². The van der Waals surface area contributed by atoms with E-state index in [1.165, 1.54) is 0 Å². The number of amides is 1. The van der Waals surface area contributed by atoms with Gasteiger partial charge in [-0.05, 0) is 17.7 Å². The van der Waals surface area contributed by atoms with Crippen molar-refractivity contribution in [3.8, 4) is 11.8 Å². The van der Waals surface area contributed by atoms with E-state index in [4.69, 9.17) is 4.74 Å². The Kier molecular flexibility index (Phi) is 6.29. The van der Waals surface area contributed by atoms with Gasteiger partial charge in [0.25, 0.3) is 0 Å². The molecule has 0 aliphatic rings. The Balaban J connectivity index is 1.57. The van der Waals surface area contributed by atoms with Crippen LogP contribution >= 0.6 is 11.8 Å². The van der Waals surface area contributed by atoms with Crippen LogP contribution in [0.2, 0.25) is 0 Å². The van der Waals surface area contributed by atoms with Gasteiger partial charge in [0, 0.05) is 12.6 Å². The van der Waals surface area contributed by atoms with Gasteiger partial charge in [0.1, 0.15) is 5.75 Å². The molecule has 142 valence electrons. The number of methoxy groups -OCH3 is 1. The van der Waals surface area contributed by atoms with Crippen LogP contribution in [0, 0.1) is 17.2 Å². The third-order valence-electron chi connectivity index (χ3n) is 4.04. The number of ether oxygens (including phenoxy) is 1. The number of aromatic nitrogens is 2. The largest absolute Gasteiger partial charge is 0.497 e. The zero-order valence-electron chi connectivity index (χ0n) is 15.1. The van der Waals surface area contributed by atoms with Gasteiger partial charge < -0.3 is 15.0 Å². The first-order valence-electron chi connectivity index (χ1n) is 8.51. The van der Waals surface area contributed by atoms with Gasteiger partial charge in [0.2, 0.25) is 5.91 Å². The summed E-state index contributed by atoms with van der Waals surface area (Å²) < 4.78 is 5.17. The molecule has 0 aliphatic heterocycles. The Morgan fingerprint density at radius 1 is 1.29 bits per heavy atom. The minimum Gasteiger partial charge on any atom is -0.497 e. The van der Waals surface area contributed by atoms with Crippen molar-refractivity contribution in [2.75, 3.05) is 12.9 Å². The number of carbonyl (C=O) groups is 2. The molecule has 0 fully saturated rings. The van der Waals surface area contributed by atoms with E-state index in [9.17, 15) is 14.9 Å². The molecule has 1 atom stereocenters. The fourth-order valence-corrected chi connectivity index (χ4v) is 3.34. The molecule has 7 nitrogen and oxygen atoms in total. The molecule has 1 unspecified atom stereocenters. The van der Waals surface area contributed by atoms with Crippen LogP contribution in [0.3, 0.4) is 0 Å². The highest BCUT2D eigenvalue weighted by Crippen LogP contribution is 2.23. The lowest BCUT2D eigenvalue weighted by Gasteiger charge is -2.09. The van der Waals surface area contributed by atoms with E-state index in [2.05, 4.69) is 15.3 Å². The maximum Gasteiger partial charge on any atom is 0.245 e. The molecule has 2 N–H and O–H groups in total. The number of ketones is 1. The first kappa shape index (κ1) is 19.5.